The zero-order chi connectivity index (χ0) is 24.8. The van der Waals surface area contributed by atoms with Crippen molar-refractivity contribution in [2.45, 2.75) is 0 Å². The van der Waals surface area contributed by atoms with Gasteiger partial charge in [0.05, 0.1) is 11.2 Å². The lowest BCUT2D eigenvalue weighted by molar-refractivity contribution is 1.01. The lowest BCUT2D eigenvalue weighted by Crippen LogP contribution is -2.11. The van der Waals surface area contributed by atoms with E-state index in [1.165, 1.54) is 43.7 Å². The fourth-order valence-corrected chi connectivity index (χ4v) is 5.67. The third-order valence-corrected chi connectivity index (χ3v) is 7.35. The van der Waals surface area contributed by atoms with Crippen LogP contribution < -0.4 is 4.90 Å². The van der Waals surface area contributed by atoms with Gasteiger partial charge >= 0.3 is 0 Å². The standard InChI is InChI=1S/C35H26N2/c1-36-32-23-22-26-14-8-9-19-30(26)34(32)31-20-11-21-33(35(31)36)37(28-16-6-3-7-17-28)29-18-10-15-27(24-29)25-12-4-2-5-13-25/h2-24H,1H3. The van der Waals surface area contributed by atoms with E-state index in [1.807, 2.05) is 0 Å². The molecule has 6 aromatic carbocycles. The maximum atomic E-state index is 2.38. The topological polar surface area (TPSA) is 8.17 Å². The van der Waals surface area contributed by atoms with Gasteiger partial charge in [-0.2, -0.15) is 0 Å². The molecule has 2 heteroatoms. The highest BCUT2D eigenvalue weighted by Crippen LogP contribution is 2.43. The van der Waals surface area contributed by atoms with E-state index in [1.54, 1.807) is 0 Å². The number of aryl methyl sites for hydroxylation is 1. The summed E-state index contributed by atoms with van der Waals surface area (Å²) in [5.74, 6) is 0. The summed E-state index contributed by atoms with van der Waals surface area (Å²) in [7, 11) is 2.19. The van der Waals surface area contributed by atoms with Gasteiger partial charge in [0, 0.05) is 34.7 Å². The molecule has 0 aliphatic carbocycles. The second-order valence-corrected chi connectivity index (χ2v) is 9.50. The van der Waals surface area contributed by atoms with Crippen molar-refractivity contribution in [3.63, 3.8) is 0 Å². The van der Waals surface area contributed by atoms with Crippen LogP contribution in [-0.2, 0) is 7.05 Å². The predicted molar refractivity (Wildman–Crippen MR) is 158 cm³/mol. The Kier molecular flexibility index (Phi) is 5.04. The van der Waals surface area contributed by atoms with Crippen LogP contribution in [0.1, 0.15) is 0 Å². The highest BCUT2D eigenvalue weighted by Gasteiger charge is 2.20. The molecule has 37 heavy (non-hydrogen) atoms. The molecule has 7 rings (SSSR count). The van der Waals surface area contributed by atoms with Crippen LogP contribution in [0.15, 0.2) is 140 Å². The Balaban J connectivity index is 1.53. The highest BCUT2D eigenvalue weighted by atomic mass is 15.2. The summed E-state index contributed by atoms with van der Waals surface area (Å²) in [5, 5.41) is 5.14. The Morgan fingerprint density at radius 3 is 2.00 bits per heavy atom. The first kappa shape index (κ1) is 21.5. The van der Waals surface area contributed by atoms with Crippen molar-refractivity contribution >= 4 is 49.6 Å². The van der Waals surface area contributed by atoms with Crippen LogP contribution in [0.3, 0.4) is 0 Å². The Morgan fingerprint density at radius 2 is 1.16 bits per heavy atom. The number of benzene rings is 6. The third kappa shape index (κ3) is 3.49. The van der Waals surface area contributed by atoms with Crippen molar-refractivity contribution in [3.05, 3.63) is 140 Å². The number of hydrogen-bond acceptors (Lipinski definition) is 1. The van der Waals surface area contributed by atoms with E-state index >= 15 is 0 Å². The normalized spacial score (nSPS) is 11.4. The zero-order valence-electron chi connectivity index (χ0n) is 20.7. The molecular formula is C35H26N2. The van der Waals surface area contributed by atoms with Crippen molar-refractivity contribution < 1.29 is 0 Å². The fraction of sp³-hybridized carbons (Fsp3) is 0.0286. The summed E-state index contributed by atoms with van der Waals surface area (Å²) < 4.78 is 2.35. The Morgan fingerprint density at radius 1 is 0.514 bits per heavy atom. The van der Waals surface area contributed by atoms with Crippen LogP contribution in [-0.4, -0.2) is 4.57 Å². The number of rotatable bonds is 4. The largest absolute Gasteiger partial charge is 0.342 e. The molecule has 1 aromatic heterocycles. The molecule has 0 N–H and O–H groups in total. The maximum absolute atomic E-state index is 2.38. The third-order valence-electron chi connectivity index (χ3n) is 7.35. The van der Waals surface area contributed by atoms with E-state index in [0.717, 1.165) is 17.1 Å². The van der Waals surface area contributed by atoms with Gasteiger partial charge < -0.3 is 9.47 Å². The van der Waals surface area contributed by atoms with Crippen molar-refractivity contribution in [2.75, 3.05) is 4.90 Å². The minimum absolute atomic E-state index is 1.13. The van der Waals surface area contributed by atoms with Gasteiger partial charge in [-0.3, -0.25) is 0 Å². The van der Waals surface area contributed by atoms with Gasteiger partial charge in [-0.05, 0) is 58.3 Å². The van der Waals surface area contributed by atoms with Crippen LogP contribution in [0.4, 0.5) is 17.1 Å². The van der Waals surface area contributed by atoms with Gasteiger partial charge in [0.25, 0.3) is 0 Å². The lowest BCUT2D eigenvalue weighted by atomic mass is 10.0. The number of para-hydroxylation sites is 2. The van der Waals surface area contributed by atoms with E-state index < -0.39 is 0 Å². The summed E-state index contributed by atoms with van der Waals surface area (Å²) in [6.45, 7) is 0. The van der Waals surface area contributed by atoms with Crippen LogP contribution in [0.5, 0.6) is 0 Å². The number of anilines is 3. The van der Waals surface area contributed by atoms with Crippen LogP contribution in [0.2, 0.25) is 0 Å². The van der Waals surface area contributed by atoms with Gasteiger partial charge in [-0.1, -0.05) is 103 Å². The molecule has 1 heterocycles. The number of hydrogen-bond donors (Lipinski definition) is 0. The Hall–Kier alpha value is -4.82. The maximum Gasteiger partial charge on any atom is 0.0733 e. The first-order valence-electron chi connectivity index (χ1n) is 12.7. The molecule has 0 bridgehead atoms. The molecule has 176 valence electrons. The lowest BCUT2D eigenvalue weighted by Gasteiger charge is -2.27. The van der Waals surface area contributed by atoms with Crippen LogP contribution in [0, 0.1) is 0 Å². The van der Waals surface area contributed by atoms with E-state index in [4.69, 9.17) is 0 Å². The molecule has 0 amide bonds. The smallest absolute Gasteiger partial charge is 0.0733 e. The number of fused-ring (bicyclic) bond motifs is 5. The summed E-state index contributed by atoms with van der Waals surface area (Å²) in [4.78, 5) is 2.38. The molecule has 0 aliphatic heterocycles. The quantitative estimate of drug-likeness (QED) is 0.246. The summed E-state index contributed by atoms with van der Waals surface area (Å²) in [5.41, 5.74) is 8.32. The first-order chi connectivity index (χ1) is 18.3. The van der Waals surface area contributed by atoms with E-state index in [9.17, 15) is 0 Å². The fourth-order valence-electron chi connectivity index (χ4n) is 5.67. The van der Waals surface area contributed by atoms with Gasteiger partial charge in [-0.25, -0.2) is 0 Å². The van der Waals surface area contributed by atoms with Crippen LogP contribution >= 0.6 is 0 Å². The van der Waals surface area contributed by atoms with Crippen molar-refractivity contribution in [1.29, 1.82) is 0 Å². The molecule has 0 fully saturated rings. The summed E-state index contributed by atoms with van der Waals surface area (Å²) in [6, 6.07) is 50.0. The first-order valence-corrected chi connectivity index (χ1v) is 12.7. The number of nitrogens with zero attached hydrogens (tertiary/aromatic N) is 2. The molecule has 0 saturated heterocycles. The molecule has 2 nitrogen and oxygen atoms in total. The molecule has 0 atom stereocenters. The van der Waals surface area contributed by atoms with Crippen molar-refractivity contribution in [2.24, 2.45) is 7.05 Å². The predicted octanol–water partition coefficient (Wildman–Crippen LogP) is 9.62. The van der Waals surface area contributed by atoms with Gasteiger partial charge in [-0.15, -0.1) is 0 Å². The minimum Gasteiger partial charge on any atom is -0.342 e. The van der Waals surface area contributed by atoms with E-state index in [0.29, 0.717) is 0 Å². The average Bonchev–Trinajstić information content (AvgIpc) is 3.27. The second-order valence-electron chi connectivity index (χ2n) is 9.50. The summed E-state index contributed by atoms with van der Waals surface area (Å²) in [6.07, 6.45) is 0. The number of aromatic nitrogens is 1. The Bertz CT molecular complexity index is 1880. The average molecular weight is 475 g/mol. The molecule has 0 spiro atoms. The monoisotopic (exact) mass is 474 g/mol. The molecule has 0 aliphatic rings. The van der Waals surface area contributed by atoms with Crippen LogP contribution in [0.25, 0.3) is 43.7 Å². The van der Waals surface area contributed by atoms with E-state index in [-0.39, 0.29) is 0 Å². The van der Waals surface area contributed by atoms with Gasteiger partial charge in [0.2, 0.25) is 0 Å². The van der Waals surface area contributed by atoms with Gasteiger partial charge in [0.15, 0.2) is 0 Å². The van der Waals surface area contributed by atoms with Crippen molar-refractivity contribution in [1.82, 2.24) is 4.57 Å². The molecular weight excluding hydrogens is 448 g/mol. The molecule has 0 radical (unpaired) electrons. The van der Waals surface area contributed by atoms with E-state index in [2.05, 4.69) is 156 Å². The van der Waals surface area contributed by atoms with Crippen molar-refractivity contribution in [3.8, 4) is 11.1 Å². The second kappa shape index (κ2) is 8.69. The molecule has 7 aromatic rings. The zero-order valence-corrected chi connectivity index (χ0v) is 20.7. The Labute approximate surface area is 216 Å². The SMILES string of the molecule is Cn1c2ccc3ccccc3c2c2cccc(N(c3ccccc3)c3cccc(-c4ccccc4)c3)c21. The highest BCUT2D eigenvalue weighted by molar-refractivity contribution is 6.23. The molecule has 0 unspecified atom stereocenters. The summed E-state index contributed by atoms with van der Waals surface area (Å²) >= 11 is 0. The van der Waals surface area contributed by atoms with Gasteiger partial charge in [0.1, 0.15) is 0 Å². The molecule has 0 saturated carbocycles. The minimum atomic E-state index is 1.13.